The van der Waals surface area contributed by atoms with Crippen LogP contribution in [0.25, 0.3) is 5.95 Å². The fraction of sp³-hybridized carbons (Fsp3) is 0.222. The summed E-state index contributed by atoms with van der Waals surface area (Å²) in [5.41, 5.74) is 0. The third-order valence-corrected chi connectivity index (χ3v) is 3.26. The Balaban J connectivity index is 2.59. The molecular formula is C9H6BrF3N4OS. The van der Waals surface area contributed by atoms with Crippen LogP contribution in [0.1, 0.15) is 5.82 Å². The summed E-state index contributed by atoms with van der Waals surface area (Å²) in [6, 6.07) is 1.37. The average Bonchev–Trinajstić information content (AvgIpc) is 2.71. The zero-order valence-corrected chi connectivity index (χ0v) is 11.8. The van der Waals surface area contributed by atoms with Crippen molar-refractivity contribution < 1.29 is 17.4 Å². The van der Waals surface area contributed by atoms with Crippen molar-refractivity contribution in [2.75, 3.05) is 6.26 Å². The zero-order valence-electron chi connectivity index (χ0n) is 9.35. The van der Waals surface area contributed by atoms with Gasteiger partial charge in [-0.25, -0.2) is 15.0 Å². The van der Waals surface area contributed by atoms with Gasteiger partial charge in [0.1, 0.15) is 9.63 Å². The Morgan fingerprint density at radius 1 is 1.37 bits per heavy atom. The van der Waals surface area contributed by atoms with Gasteiger partial charge in [0, 0.05) is 18.6 Å². The fourth-order valence-electron chi connectivity index (χ4n) is 1.31. The molecule has 0 bridgehead atoms. The molecule has 102 valence electrons. The van der Waals surface area contributed by atoms with E-state index in [1.54, 1.807) is 0 Å². The second-order valence-corrected chi connectivity index (χ2v) is 5.54. The van der Waals surface area contributed by atoms with Crippen LogP contribution in [0.3, 0.4) is 0 Å². The van der Waals surface area contributed by atoms with Gasteiger partial charge >= 0.3 is 6.18 Å². The lowest BCUT2D eigenvalue weighted by atomic mass is 10.6. The van der Waals surface area contributed by atoms with E-state index in [0.717, 1.165) is 6.20 Å². The molecule has 0 N–H and O–H groups in total. The smallest absolute Gasteiger partial charge is 0.263 e. The van der Waals surface area contributed by atoms with Crippen LogP contribution in [-0.2, 0) is 17.0 Å². The van der Waals surface area contributed by atoms with Gasteiger partial charge in [0.05, 0.1) is 10.8 Å². The molecule has 5 nitrogen and oxygen atoms in total. The standard InChI is InChI=1S/C9H6BrF3N4OS/c1-19(18)6-2-3-14-8(16-6)17-4-5(10)15-7(17)9(11,12)13/h2-4H,1H3. The minimum Gasteiger partial charge on any atom is -0.263 e. The summed E-state index contributed by atoms with van der Waals surface area (Å²) in [6.07, 6.45) is -0.926. The first-order valence-corrected chi connectivity index (χ1v) is 7.13. The molecule has 0 fully saturated rings. The summed E-state index contributed by atoms with van der Waals surface area (Å²) in [5.74, 6) is -1.39. The maximum Gasteiger partial charge on any atom is 0.450 e. The lowest BCUT2D eigenvalue weighted by molar-refractivity contribution is -0.146. The van der Waals surface area contributed by atoms with E-state index < -0.39 is 22.8 Å². The van der Waals surface area contributed by atoms with Crippen LogP contribution in [0.2, 0.25) is 0 Å². The molecule has 0 amide bonds. The van der Waals surface area contributed by atoms with Gasteiger partial charge in [-0.05, 0) is 22.0 Å². The van der Waals surface area contributed by atoms with Crippen molar-refractivity contribution in [3.05, 3.63) is 28.9 Å². The Bertz CT molecular complexity index is 643. The topological polar surface area (TPSA) is 60.7 Å². The maximum atomic E-state index is 12.8. The highest BCUT2D eigenvalue weighted by atomic mass is 79.9. The number of rotatable bonds is 2. The second-order valence-electron chi connectivity index (χ2n) is 3.40. The Morgan fingerprint density at radius 2 is 2.05 bits per heavy atom. The summed E-state index contributed by atoms with van der Waals surface area (Å²) >= 11 is 2.87. The van der Waals surface area contributed by atoms with Crippen LogP contribution in [0.5, 0.6) is 0 Å². The van der Waals surface area contributed by atoms with Crippen molar-refractivity contribution in [2.24, 2.45) is 0 Å². The quantitative estimate of drug-likeness (QED) is 0.775. The number of nitrogens with zero attached hydrogens (tertiary/aromatic N) is 4. The Hall–Kier alpha value is -1.29. The second kappa shape index (κ2) is 5.00. The Kier molecular flexibility index (Phi) is 3.72. The van der Waals surface area contributed by atoms with E-state index in [9.17, 15) is 17.4 Å². The highest BCUT2D eigenvalue weighted by Crippen LogP contribution is 2.30. The van der Waals surface area contributed by atoms with Crippen molar-refractivity contribution in [3.63, 3.8) is 0 Å². The summed E-state index contributed by atoms with van der Waals surface area (Å²) in [6.45, 7) is 0. The molecule has 0 aliphatic rings. The fourth-order valence-corrected chi connectivity index (χ4v) is 2.15. The molecule has 0 saturated heterocycles. The van der Waals surface area contributed by atoms with E-state index in [1.807, 2.05) is 0 Å². The third-order valence-electron chi connectivity index (χ3n) is 2.06. The molecule has 19 heavy (non-hydrogen) atoms. The first kappa shape index (κ1) is 14.1. The lowest BCUT2D eigenvalue weighted by Gasteiger charge is -2.08. The average molecular weight is 355 g/mol. The lowest BCUT2D eigenvalue weighted by Crippen LogP contribution is -2.15. The van der Waals surface area contributed by atoms with E-state index in [2.05, 4.69) is 30.9 Å². The van der Waals surface area contributed by atoms with Gasteiger partial charge in [-0.1, -0.05) is 0 Å². The third kappa shape index (κ3) is 3.00. The van der Waals surface area contributed by atoms with Crippen LogP contribution >= 0.6 is 15.9 Å². The van der Waals surface area contributed by atoms with Crippen LogP contribution in [0.15, 0.2) is 28.1 Å². The number of hydrogen-bond acceptors (Lipinski definition) is 4. The minimum absolute atomic E-state index is 0.00597. The van der Waals surface area contributed by atoms with E-state index in [1.165, 1.54) is 18.5 Å². The Morgan fingerprint density at radius 3 is 2.63 bits per heavy atom. The van der Waals surface area contributed by atoms with Crippen LogP contribution < -0.4 is 0 Å². The molecule has 0 spiro atoms. The van der Waals surface area contributed by atoms with Gasteiger partial charge in [0.15, 0.2) is 0 Å². The van der Waals surface area contributed by atoms with Crippen molar-refractivity contribution in [1.29, 1.82) is 0 Å². The summed E-state index contributed by atoms with van der Waals surface area (Å²) in [5, 5.41) is 0.142. The van der Waals surface area contributed by atoms with E-state index in [-0.39, 0.29) is 15.6 Å². The van der Waals surface area contributed by atoms with Gasteiger partial charge in [0.25, 0.3) is 0 Å². The number of hydrogen-bond donors (Lipinski definition) is 0. The molecule has 0 aliphatic heterocycles. The largest absolute Gasteiger partial charge is 0.450 e. The SMILES string of the molecule is CS(=O)c1ccnc(-n2cc(Br)nc2C(F)(F)F)n1. The van der Waals surface area contributed by atoms with Gasteiger partial charge in [-0.15, -0.1) is 0 Å². The van der Waals surface area contributed by atoms with Gasteiger partial charge in [-0.3, -0.25) is 8.78 Å². The van der Waals surface area contributed by atoms with Gasteiger partial charge in [0.2, 0.25) is 11.8 Å². The van der Waals surface area contributed by atoms with Crippen LogP contribution in [0, 0.1) is 0 Å². The first-order chi connectivity index (χ1) is 8.79. The number of imidazole rings is 1. The predicted octanol–water partition coefficient (Wildman–Crippen LogP) is 2.18. The molecular weight excluding hydrogens is 349 g/mol. The molecule has 2 rings (SSSR count). The van der Waals surface area contributed by atoms with Crippen molar-refractivity contribution in [3.8, 4) is 5.95 Å². The monoisotopic (exact) mass is 354 g/mol. The predicted molar refractivity (Wildman–Crippen MR) is 64.2 cm³/mol. The minimum atomic E-state index is -4.64. The highest BCUT2D eigenvalue weighted by Gasteiger charge is 2.38. The maximum absolute atomic E-state index is 12.8. The summed E-state index contributed by atoms with van der Waals surface area (Å²) < 4.78 is 50.3. The zero-order chi connectivity index (χ0) is 14.2. The van der Waals surface area contributed by atoms with Gasteiger partial charge < -0.3 is 0 Å². The molecule has 0 saturated carbocycles. The number of alkyl halides is 3. The van der Waals surface area contributed by atoms with Crippen molar-refractivity contribution in [1.82, 2.24) is 19.5 Å². The molecule has 10 heteroatoms. The number of halogens is 4. The Labute approximate surface area is 116 Å². The summed E-state index contributed by atoms with van der Waals surface area (Å²) in [4.78, 5) is 10.9. The highest BCUT2D eigenvalue weighted by molar-refractivity contribution is 9.10. The van der Waals surface area contributed by atoms with Crippen LogP contribution in [-0.4, -0.2) is 30.0 Å². The first-order valence-electron chi connectivity index (χ1n) is 4.78. The van der Waals surface area contributed by atoms with E-state index >= 15 is 0 Å². The van der Waals surface area contributed by atoms with Crippen molar-refractivity contribution in [2.45, 2.75) is 11.2 Å². The van der Waals surface area contributed by atoms with Gasteiger partial charge in [-0.2, -0.15) is 13.2 Å². The molecule has 2 aromatic rings. The summed E-state index contributed by atoms with van der Waals surface area (Å²) in [7, 11) is -1.41. The van der Waals surface area contributed by atoms with Crippen molar-refractivity contribution >= 4 is 26.7 Å². The molecule has 1 unspecified atom stereocenters. The number of aromatic nitrogens is 4. The molecule has 2 aromatic heterocycles. The van der Waals surface area contributed by atoms with E-state index in [0.29, 0.717) is 4.57 Å². The molecule has 1 atom stereocenters. The van der Waals surface area contributed by atoms with E-state index in [4.69, 9.17) is 0 Å². The molecule has 0 aliphatic carbocycles. The molecule has 2 heterocycles. The van der Waals surface area contributed by atoms with Crippen LogP contribution in [0.4, 0.5) is 13.2 Å². The normalized spacial score (nSPS) is 13.5. The molecule has 0 radical (unpaired) electrons. The molecule has 0 aromatic carbocycles.